The molecule has 128 valence electrons. The van der Waals surface area contributed by atoms with Gasteiger partial charge in [-0.1, -0.05) is 6.07 Å². The summed E-state index contributed by atoms with van der Waals surface area (Å²) in [6.45, 7) is 1.46. The topological polar surface area (TPSA) is 47.6 Å². The second-order valence-corrected chi connectivity index (χ2v) is 5.00. The summed E-state index contributed by atoms with van der Waals surface area (Å²) in [4.78, 5) is 12.1. The lowest BCUT2D eigenvalue weighted by Gasteiger charge is -2.16. The van der Waals surface area contributed by atoms with E-state index in [2.05, 4.69) is 5.32 Å². The number of methoxy groups -OCH3 is 1. The largest absolute Gasteiger partial charge is 0.497 e. The van der Waals surface area contributed by atoms with Gasteiger partial charge in [-0.25, -0.2) is 0 Å². The third-order valence-electron chi connectivity index (χ3n) is 3.20. The number of carbonyl (C=O) groups excluding carboxylic acids is 1. The van der Waals surface area contributed by atoms with Gasteiger partial charge in [0.25, 0.3) is 5.91 Å². The van der Waals surface area contributed by atoms with E-state index in [4.69, 9.17) is 9.47 Å². The van der Waals surface area contributed by atoms with E-state index >= 15 is 0 Å². The van der Waals surface area contributed by atoms with E-state index in [0.29, 0.717) is 11.4 Å². The molecule has 0 fully saturated rings. The predicted molar refractivity (Wildman–Crippen MR) is 83.2 cm³/mol. The van der Waals surface area contributed by atoms with Crippen molar-refractivity contribution in [1.29, 1.82) is 0 Å². The summed E-state index contributed by atoms with van der Waals surface area (Å²) in [7, 11) is 1.53. The number of nitrogens with one attached hydrogen (secondary N) is 1. The van der Waals surface area contributed by atoms with E-state index in [0.717, 1.165) is 12.1 Å². The van der Waals surface area contributed by atoms with Crippen LogP contribution in [0.5, 0.6) is 11.5 Å². The third kappa shape index (κ3) is 4.65. The van der Waals surface area contributed by atoms with Gasteiger partial charge in [-0.2, -0.15) is 13.2 Å². The van der Waals surface area contributed by atoms with Crippen LogP contribution >= 0.6 is 0 Å². The molecule has 0 unspecified atom stereocenters. The first-order chi connectivity index (χ1) is 11.3. The summed E-state index contributed by atoms with van der Waals surface area (Å²) in [5.41, 5.74) is -0.303. The van der Waals surface area contributed by atoms with Crippen molar-refractivity contribution in [2.45, 2.75) is 19.2 Å². The highest BCUT2D eigenvalue weighted by Crippen LogP contribution is 2.31. The van der Waals surface area contributed by atoms with Crippen molar-refractivity contribution in [2.75, 3.05) is 12.4 Å². The monoisotopic (exact) mass is 339 g/mol. The highest BCUT2D eigenvalue weighted by Gasteiger charge is 2.30. The van der Waals surface area contributed by atoms with Crippen LogP contribution in [0.2, 0.25) is 0 Å². The lowest BCUT2D eigenvalue weighted by Crippen LogP contribution is -2.30. The van der Waals surface area contributed by atoms with Crippen molar-refractivity contribution in [3.63, 3.8) is 0 Å². The fourth-order valence-electron chi connectivity index (χ4n) is 1.92. The maximum atomic E-state index is 12.7. The van der Waals surface area contributed by atoms with Crippen molar-refractivity contribution in [3.8, 4) is 11.5 Å². The minimum atomic E-state index is -4.46. The SMILES string of the molecule is COc1ccc(NC(=O)[C@@H](C)Oc2cccc(C(F)(F)F)c2)cc1. The summed E-state index contributed by atoms with van der Waals surface area (Å²) in [5, 5.41) is 2.62. The van der Waals surface area contributed by atoms with E-state index in [-0.39, 0.29) is 5.75 Å². The Morgan fingerprint density at radius 3 is 2.33 bits per heavy atom. The van der Waals surface area contributed by atoms with Crippen molar-refractivity contribution >= 4 is 11.6 Å². The van der Waals surface area contributed by atoms with Gasteiger partial charge >= 0.3 is 6.18 Å². The average molecular weight is 339 g/mol. The Labute approximate surface area is 137 Å². The van der Waals surface area contributed by atoms with Gasteiger partial charge in [-0.15, -0.1) is 0 Å². The van der Waals surface area contributed by atoms with Gasteiger partial charge in [0.2, 0.25) is 0 Å². The Hall–Kier alpha value is -2.70. The quantitative estimate of drug-likeness (QED) is 0.891. The molecule has 1 atom stereocenters. The molecule has 2 rings (SSSR count). The van der Waals surface area contributed by atoms with E-state index in [9.17, 15) is 18.0 Å². The Morgan fingerprint density at radius 2 is 1.75 bits per heavy atom. The molecule has 2 aromatic rings. The van der Waals surface area contributed by atoms with Crippen LogP contribution < -0.4 is 14.8 Å². The molecule has 4 nitrogen and oxygen atoms in total. The van der Waals surface area contributed by atoms with Crippen LogP contribution in [0.4, 0.5) is 18.9 Å². The highest BCUT2D eigenvalue weighted by molar-refractivity contribution is 5.94. The molecule has 0 bridgehead atoms. The molecule has 7 heteroatoms. The van der Waals surface area contributed by atoms with E-state index in [1.165, 1.54) is 26.2 Å². The van der Waals surface area contributed by atoms with Gasteiger partial charge in [-0.05, 0) is 49.4 Å². The number of alkyl halides is 3. The first kappa shape index (κ1) is 17.7. The Balaban J connectivity index is 2.00. The molecule has 2 aromatic carbocycles. The molecule has 0 saturated carbocycles. The van der Waals surface area contributed by atoms with Crippen LogP contribution in [0.15, 0.2) is 48.5 Å². The normalized spacial score (nSPS) is 12.4. The zero-order valence-corrected chi connectivity index (χ0v) is 13.1. The molecule has 0 saturated heterocycles. The third-order valence-corrected chi connectivity index (χ3v) is 3.20. The van der Waals surface area contributed by atoms with Gasteiger partial charge in [0, 0.05) is 5.69 Å². The Kier molecular flexibility index (Phi) is 5.33. The lowest BCUT2D eigenvalue weighted by molar-refractivity contribution is -0.137. The first-order valence-corrected chi connectivity index (χ1v) is 7.08. The number of rotatable bonds is 5. The number of carbonyl (C=O) groups is 1. The van der Waals surface area contributed by atoms with Gasteiger partial charge in [-0.3, -0.25) is 4.79 Å². The zero-order chi connectivity index (χ0) is 17.7. The molecular formula is C17H16F3NO3. The van der Waals surface area contributed by atoms with Crippen molar-refractivity contribution in [2.24, 2.45) is 0 Å². The van der Waals surface area contributed by atoms with Crippen molar-refractivity contribution < 1.29 is 27.4 Å². The fraction of sp³-hybridized carbons (Fsp3) is 0.235. The number of benzene rings is 2. The molecular weight excluding hydrogens is 323 g/mol. The van der Waals surface area contributed by atoms with Crippen molar-refractivity contribution in [3.05, 3.63) is 54.1 Å². The fourth-order valence-corrected chi connectivity index (χ4v) is 1.92. The summed E-state index contributed by atoms with van der Waals surface area (Å²) >= 11 is 0. The summed E-state index contributed by atoms with van der Waals surface area (Å²) in [6, 6.07) is 11.0. The van der Waals surface area contributed by atoms with E-state index in [1.807, 2.05) is 0 Å². The molecule has 0 aliphatic heterocycles. The molecule has 0 heterocycles. The standard InChI is InChI=1S/C17H16F3NO3/c1-11(16(22)21-13-6-8-14(23-2)9-7-13)24-15-5-3-4-12(10-15)17(18,19)20/h3-11H,1-2H3,(H,21,22)/t11-/m1/s1. The molecule has 1 amide bonds. The molecule has 0 spiro atoms. The number of hydrogen-bond donors (Lipinski definition) is 1. The van der Waals surface area contributed by atoms with Crippen LogP contribution in [-0.2, 0) is 11.0 Å². The zero-order valence-electron chi connectivity index (χ0n) is 13.1. The predicted octanol–water partition coefficient (Wildman–Crippen LogP) is 4.12. The summed E-state index contributed by atoms with van der Waals surface area (Å²) < 4.78 is 48.3. The molecule has 0 aliphatic carbocycles. The van der Waals surface area contributed by atoms with E-state index in [1.54, 1.807) is 24.3 Å². The first-order valence-electron chi connectivity index (χ1n) is 7.08. The minimum Gasteiger partial charge on any atom is -0.497 e. The molecule has 0 aliphatic rings. The van der Waals surface area contributed by atoms with Crippen LogP contribution in [0.3, 0.4) is 0 Å². The average Bonchev–Trinajstić information content (AvgIpc) is 2.55. The van der Waals surface area contributed by atoms with Gasteiger partial charge in [0.15, 0.2) is 6.10 Å². The number of ether oxygens (including phenoxy) is 2. The number of amides is 1. The van der Waals surface area contributed by atoms with Crippen LogP contribution in [0, 0.1) is 0 Å². The maximum absolute atomic E-state index is 12.7. The lowest BCUT2D eigenvalue weighted by atomic mass is 10.2. The highest BCUT2D eigenvalue weighted by atomic mass is 19.4. The van der Waals surface area contributed by atoms with Crippen LogP contribution in [0.1, 0.15) is 12.5 Å². The second kappa shape index (κ2) is 7.25. The number of hydrogen-bond acceptors (Lipinski definition) is 3. The Morgan fingerprint density at radius 1 is 1.08 bits per heavy atom. The van der Waals surface area contributed by atoms with Crippen LogP contribution in [-0.4, -0.2) is 19.1 Å². The number of halogens is 3. The van der Waals surface area contributed by atoms with Gasteiger partial charge < -0.3 is 14.8 Å². The summed E-state index contributed by atoms with van der Waals surface area (Å²) in [6.07, 6.45) is -5.43. The molecule has 1 N–H and O–H groups in total. The van der Waals surface area contributed by atoms with Crippen molar-refractivity contribution in [1.82, 2.24) is 0 Å². The second-order valence-electron chi connectivity index (χ2n) is 5.00. The maximum Gasteiger partial charge on any atom is 0.416 e. The van der Waals surface area contributed by atoms with Crippen LogP contribution in [0.25, 0.3) is 0 Å². The Bertz CT molecular complexity index is 699. The summed E-state index contributed by atoms with van der Waals surface area (Å²) in [5.74, 6) is 0.140. The van der Waals surface area contributed by atoms with E-state index < -0.39 is 23.8 Å². The smallest absolute Gasteiger partial charge is 0.416 e. The van der Waals surface area contributed by atoms with Gasteiger partial charge in [0.05, 0.1) is 12.7 Å². The molecule has 0 aromatic heterocycles. The minimum absolute atomic E-state index is 0.0257. The molecule has 0 radical (unpaired) electrons. The van der Waals surface area contributed by atoms with Gasteiger partial charge in [0.1, 0.15) is 11.5 Å². The molecule has 24 heavy (non-hydrogen) atoms. The number of anilines is 1.